The van der Waals surface area contributed by atoms with Crippen molar-refractivity contribution in [1.82, 2.24) is 19.5 Å². The molecular weight excluding hydrogens is 278 g/mol. The minimum atomic E-state index is -0.809. The Morgan fingerprint density at radius 1 is 1.38 bits per heavy atom. The zero-order chi connectivity index (χ0) is 15.0. The second kappa shape index (κ2) is 5.53. The first kappa shape index (κ1) is 14.1. The lowest BCUT2D eigenvalue weighted by molar-refractivity contribution is -0.0630. The molecule has 0 bridgehead atoms. The van der Waals surface area contributed by atoms with E-state index < -0.39 is 24.5 Å². The lowest BCUT2D eigenvalue weighted by atomic mass is 10.1. The highest BCUT2D eigenvalue weighted by Gasteiger charge is 2.45. The molecule has 4 atom stereocenters. The SMILES string of the molecule is COC[C@H]1O[C@@H](n2cnc3c(N)ncnc32)[C@@H](OC)C1O. The van der Waals surface area contributed by atoms with E-state index in [1.54, 1.807) is 18.0 Å². The summed E-state index contributed by atoms with van der Waals surface area (Å²) in [4.78, 5) is 12.3. The van der Waals surface area contributed by atoms with E-state index in [0.717, 1.165) is 0 Å². The maximum absolute atomic E-state index is 10.3. The van der Waals surface area contributed by atoms with Crippen LogP contribution in [-0.4, -0.2) is 63.8 Å². The molecule has 1 aliphatic heterocycles. The van der Waals surface area contributed by atoms with Gasteiger partial charge in [-0.05, 0) is 0 Å². The van der Waals surface area contributed by atoms with Gasteiger partial charge in [-0.1, -0.05) is 0 Å². The number of nitrogens with two attached hydrogens (primary N) is 1. The summed E-state index contributed by atoms with van der Waals surface area (Å²) in [6, 6.07) is 0. The zero-order valence-electron chi connectivity index (χ0n) is 11.7. The van der Waals surface area contributed by atoms with Crippen LogP contribution in [-0.2, 0) is 14.2 Å². The summed E-state index contributed by atoms with van der Waals surface area (Å²) in [6.07, 6.45) is 0.491. The highest BCUT2D eigenvalue weighted by atomic mass is 16.6. The number of hydrogen-bond acceptors (Lipinski definition) is 8. The van der Waals surface area contributed by atoms with Crippen LogP contribution in [0.15, 0.2) is 12.7 Å². The number of aromatic nitrogens is 4. The van der Waals surface area contributed by atoms with E-state index >= 15 is 0 Å². The molecule has 9 heteroatoms. The maximum atomic E-state index is 10.3. The quantitative estimate of drug-likeness (QED) is 0.762. The molecule has 0 radical (unpaired) electrons. The number of rotatable bonds is 4. The molecule has 1 fully saturated rings. The van der Waals surface area contributed by atoms with Crippen LogP contribution < -0.4 is 5.73 Å². The van der Waals surface area contributed by atoms with E-state index in [1.165, 1.54) is 13.4 Å². The Morgan fingerprint density at radius 2 is 2.19 bits per heavy atom. The first-order chi connectivity index (χ1) is 10.2. The van der Waals surface area contributed by atoms with Crippen molar-refractivity contribution in [2.24, 2.45) is 0 Å². The normalized spacial score (nSPS) is 29.3. The molecule has 0 aromatic carbocycles. The van der Waals surface area contributed by atoms with Gasteiger partial charge in [0.1, 0.15) is 30.2 Å². The Balaban J connectivity index is 1.99. The highest BCUT2D eigenvalue weighted by Crippen LogP contribution is 2.33. The third-order valence-corrected chi connectivity index (χ3v) is 3.58. The average Bonchev–Trinajstić information content (AvgIpc) is 3.02. The number of hydrogen-bond donors (Lipinski definition) is 2. The molecule has 21 heavy (non-hydrogen) atoms. The van der Waals surface area contributed by atoms with Crippen LogP contribution in [0, 0.1) is 0 Å². The van der Waals surface area contributed by atoms with Crippen molar-refractivity contribution < 1.29 is 19.3 Å². The third kappa shape index (κ3) is 2.23. The molecule has 1 unspecified atom stereocenters. The standard InChI is InChI=1S/C12H17N5O4/c1-19-3-6-8(18)9(20-2)12(21-6)17-5-16-7-10(13)14-4-15-11(7)17/h4-6,8-9,12,18H,3H2,1-2H3,(H2,13,14,15)/t6-,8?,9+,12-/m1/s1. The van der Waals surface area contributed by atoms with Crippen molar-refractivity contribution in [1.29, 1.82) is 0 Å². The molecule has 3 heterocycles. The fraction of sp³-hybridized carbons (Fsp3) is 0.583. The molecule has 2 aromatic heterocycles. The number of anilines is 1. The van der Waals surface area contributed by atoms with Gasteiger partial charge in [0.15, 0.2) is 17.7 Å². The van der Waals surface area contributed by atoms with Crippen LogP contribution in [0.3, 0.4) is 0 Å². The van der Waals surface area contributed by atoms with Crippen molar-refractivity contribution in [3.8, 4) is 0 Å². The molecule has 0 amide bonds. The molecule has 3 rings (SSSR count). The summed E-state index contributed by atoms with van der Waals surface area (Å²) < 4.78 is 17.9. The van der Waals surface area contributed by atoms with Crippen molar-refractivity contribution in [2.75, 3.05) is 26.6 Å². The molecule has 1 aliphatic rings. The molecule has 9 nitrogen and oxygen atoms in total. The van der Waals surface area contributed by atoms with Gasteiger partial charge in [0.05, 0.1) is 12.9 Å². The molecule has 114 valence electrons. The van der Waals surface area contributed by atoms with Crippen LogP contribution >= 0.6 is 0 Å². The summed E-state index contributed by atoms with van der Waals surface area (Å²) >= 11 is 0. The van der Waals surface area contributed by atoms with Crippen molar-refractivity contribution >= 4 is 17.0 Å². The minimum absolute atomic E-state index is 0.265. The van der Waals surface area contributed by atoms with Crippen LogP contribution in [0.2, 0.25) is 0 Å². The Kier molecular flexibility index (Phi) is 3.72. The number of nitrogens with zero attached hydrogens (tertiary/aromatic N) is 4. The van der Waals surface area contributed by atoms with E-state index in [0.29, 0.717) is 17.0 Å². The molecule has 3 N–H and O–H groups in total. The summed E-state index contributed by atoms with van der Waals surface area (Å²) in [5.74, 6) is 0.291. The molecule has 1 saturated heterocycles. The Labute approximate surface area is 120 Å². The first-order valence-electron chi connectivity index (χ1n) is 6.45. The van der Waals surface area contributed by atoms with E-state index in [1.807, 2.05) is 0 Å². The Hall–Kier alpha value is -1.81. The van der Waals surface area contributed by atoms with Crippen molar-refractivity contribution in [3.05, 3.63) is 12.7 Å². The van der Waals surface area contributed by atoms with Gasteiger partial charge in [-0.2, -0.15) is 0 Å². The summed E-state index contributed by atoms with van der Waals surface area (Å²) in [6.45, 7) is 0.265. The van der Waals surface area contributed by atoms with Gasteiger partial charge in [-0.15, -0.1) is 0 Å². The van der Waals surface area contributed by atoms with Gasteiger partial charge in [0.25, 0.3) is 0 Å². The fourth-order valence-corrected chi connectivity index (χ4v) is 2.56. The Bertz CT molecular complexity index is 633. The number of fused-ring (bicyclic) bond motifs is 1. The largest absolute Gasteiger partial charge is 0.387 e. The Morgan fingerprint density at radius 3 is 2.90 bits per heavy atom. The van der Waals surface area contributed by atoms with E-state index in [2.05, 4.69) is 15.0 Å². The first-order valence-corrected chi connectivity index (χ1v) is 6.45. The van der Waals surface area contributed by atoms with Gasteiger partial charge in [0.2, 0.25) is 0 Å². The van der Waals surface area contributed by atoms with Gasteiger partial charge >= 0.3 is 0 Å². The van der Waals surface area contributed by atoms with Crippen LogP contribution in [0.4, 0.5) is 5.82 Å². The smallest absolute Gasteiger partial charge is 0.167 e. The van der Waals surface area contributed by atoms with E-state index in [4.69, 9.17) is 19.9 Å². The minimum Gasteiger partial charge on any atom is -0.387 e. The number of aliphatic hydroxyl groups is 1. The van der Waals surface area contributed by atoms with Crippen LogP contribution in [0.1, 0.15) is 6.23 Å². The molecule has 0 aliphatic carbocycles. The number of aliphatic hydroxyl groups excluding tert-OH is 1. The predicted octanol–water partition coefficient (Wildman–Crippen LogP) is -0.672. The number of ether oxygens (including phenoxy) is 3. The fourth-order valence-electron chi connectivity index (χ4n) is 2.56. The lowest BCUT2D eigenvalue weighted by Crippen LogP contribution is -2.35. The van der Waals surface area contributed by atoms with Crippen LogP contribution in [0.5, 0.6) is 0 Å². The number of nitrogen functional groups attached to an aromatic ring is 1. The summed E-state index contributed by atoms with van der Waals surface area (Å²) in [5.41, 5.74) is 6.78. The highest BCUT2D eigenvalue weighted by molar-refractivity contribution is 5.81. The topological polar surface area (TPSA) is 118 Å². The number of imidazole rings is 1. The zero-order valence-corrected chi connectivity index (χ0v) is 11.7. The lowest BCUT2D eigenvalue weighted by Gasteiger charge is -2.19. The summed E-state index contributed by atoms with van der Waals surface area (Å²) in [7, 11) is 3.06. The monoisotopic (exact) mass is 295 g/mol. The molecular formula is C12H17N5O4. The van der Waals surface area contributed by atoms with Gasteiger partial charge in [-0.3, -0.25) is 4.57 Å². The second-order valence-electron chi connectivity index (χ2n) is 4.79. The van der Waals surface area contributed by atoms with Crippen LogP contribution in [0.25, 0.3) is 11.2 Å². The van der Waals surface area contributed by atoms with E-state index in [9.17, 15) is 5.11 Å². The molecule has 0 spiro atoms. The second-order valence-corrected chi connectivity index (χ2v) is 4.79. The van der Waals surface area contributed by atoms with Crippen molar-refractivity contribution in [3.63, 3.8) is 0 Å². The average molecular weight is 295 g/mol. The maximum Gasteiger partial charge on any atom is 0.167 e. The predicted molar refractivity (Wildman–Crippen MR) is 72.3 cm³/mol. The summed E-state index contributed by atoms with van der Waals surface area (Å²) in [5, 5.41) is 10.3. The van der Waals surface area contributed by atoms with Gasteiger partial charge < -0.3 is 25.1 Å². The van der Waals surface area contributed by atoms with Gasteiger partial charge in [0, 0.05) is 14.2 Å². The third-order valence-electron chi connectivity index (χ3n) is 3.58. The number of methoxy groups -OCH3 is 2. The van der Waals surface area contributed by atoms with E-state index in [-0.39, 0.29) is 6.61 Å². The molecule has 2 aromatic rings. The molecule has 0 saturated carbocycles. The van der Waals surface area contributed by atoms with Gasteiger partial charge in [-0.25, -0.2) is 15.0 Å². The van der Waals surface area contributed by atoms with Crippen molar-refractivity contribution in [2.45, 2.75) is 24.5 Å².